The minimum atomic E-state index is -0.477. The molecule has 0 saturated carbocycles. The van der Waals surface area contributed by atoms with E-state index >= 15 is 0 Å². The molecule has 0 unspecified atom stereocenters. The van der Waals surface area contributed by atoms with Crippen molar-refractivity contribution in [3.8, 4) is 5.75 Å². The molecule has 3 N–H and O–H groups in total. The number of nitrogens with one attached hydrogen (secondary N) is 1. The number of nitrogens with two attached hydrogens (primary N) is 1. The summed E-state index contributed by atoms with van der Waals surface area (Å²) in [5, 5.41) is 4.28. The van der Waals surface area contributed by atoms with E-state index in [9.17, 15) is 4.79 Å². The number of hydrogen-bond acceptors (Lipinski definition) is 4. The topological polar surface area (TPSA) is 77.2 Å². The van der Waals surface area contributed by atoms with Crippen LogP contribution >= 0.6 is 0 Å². The largest absolute Gasteiger partial charge is 0.496 e. The van der Waals surface area contributed by atoms with E-state index in [1.807, 2.05) is 49.4 Å². The highest BCUT2D eigenvalue weighted by atomic mass is 16.5. The van der Waals surface area contributed by atoms with Gasteiger partial charge in [0.2, 0.25) is 0 Å². The highest BCUT2D eigenvalue weighted by molar-refractivity contribution is 6.07. The van der Waals surface area contributed by atoms with Gasteiger partial charge in [0.05, 0.1) is 18.2 Å². The van der Waals surface area contributed by atoms with Crippen molar-refractivity contribution in [1.82, 2.24) is 4.98 Å². The van der Waals surface area contributed by atoms with E-state index in [-0.39, 0.29) is 0 Å². The predicted octanol–water partition coefficient (Wildman–Crippen LogP) is 3.26. The van der Waals surface area contributed by atoms with Gasteiger partial charge in [0.1, 0.15) is 5.75 Å². The first kappa shape index (κ1) is 15.8. The van der Waals surface area contributed by atoms with Gasteiger partial charge in [-0.15, -0.1) is 0 Å². The fourth-order valence-corrected chi connectivity index (χ4v) is 2.76. The van der Waals surface area contributed by atoms with E-state index in [0.29, 0.717) is 17.6 Å². The molecule has 0 aliphatic heterocycles. The average molecular weight is 321 g/mol. The van der Waals surface area contributed by atoms with Gasteiger partial charge >= 0.3 is 0 Å². The predicted molar refractivity (Wildman–Crippen MR) is 95.3 cm³/mol. The fourth-order valence-electron chi connectivity index (χ4n) is 2.76. The Kier molecular flexibility index (Phi) is 4.33. The Bertz CT molecular complexity index is 906. The summed E-state index contributed by atoms with van der Waals surface area (Å²) in [5.41, 5.74) is 9.29. The second-order valence-electron chi connectivity index (χ2n) is 5.54. The molecule has 3 rings (SSSR count). The zero-order chi connectivity index (χ0) is 17.1. The Morgan fingerprint density at radius 1 is 1.21 bits per heavy atom. The van der Waals surface area contributed by atoms with Crippen molar-refractivity contribution in [3.63, 3.8) is 0 Å². The van der Waals surface area contributed by atoms with Crippen molar-refractivity contribution in [2.45, 2.75) is 13.5 Å². The molecule has 0 spiro atoms. The van der Waals surface area contributed by atoms with Crippen LogP contribution in [0.25, 0.3) is 10.9 Å². The molecule has 0 bridgehead atoms. The summed E-state index contributed by atoms with van der Waals surface area (Å²) in [7, 11) is 1.66. The van der Waals surface area contributed by atoms with Crippen LogP contribution in [-0.4, -0.2) is 18.0 Å². The minimum Gasteiger partial charge on any atom is -0.496 e. The number of aryl methyl sites for hydroxylation is 1. The number of hydrogen-bond donors (Lipinski definition) is 2. The summed E-state index contributed by atoms with van der Waals surface area (Å²) in [6.45, 7) is 2.49. The number of fused-ring (bicyclic) bond motifs is 1. The molecule has 3 aromatic rings. The summed E-state index contributed by atoms with van der Waals surface area (Å²) in [5.74, 6) is 0.354. The summed E-state index contributed by atoms with van der Waals surface area (Å²) in [6.07, 6.45) is 0. The maximum absolute atomic E-state index is 11.6. The van der Waals surface area contributed by atoms with Crippen LogP contribution in [0.2, 0.25) is 0 Å². The maximum Gasteiger partial charge on any atom is 0.250 e. The summed E-state index contributed by atoms with van der Waals surface area (Å²) >= 11 is 0. The van der Waals surface area contributed by atoms with Gasteiger partial charge in [-0.3, -0.25) is 9.78 Å². The molecule has 5 nitrogen and oxygen atoms in total. The van der Waals surface area contributed by atoms with Crippen molar-refractivity contribution in [2.24, 2.45) is 5.73 Å². The van der Waals surface area contributed by atoms with Crippen molar-refractivity contribution in [3.05, 3.63) is 65.4 Å². The van der Waals surface area contributed by atoms with Gasteiger partial charge in [0, 0.05) is 28.9 Å². The first-order valence-electron chi connectivity index (χ1n) is 7.66. The summed E-state index contributed by atoms with van der Waals surface area (Å²) in [6, 6.07) is 15.2. The van der Waals surface area contributed by atoms with Crippen LogP contribution in [0.4, 0.5) is 5.69 Å². The Morgan fingerprint density at radius 3 is 2.75 bits per heavy atom. The van der Waals surface area contributed by atoms with Crippen molar-refractivity contribution in [2.75, 3.05) is 12.4 Å². The van der Waals surface area contributed by atoms with E-state index in [0.717, 1.165) is 28.1 Å². The van der Waals surface area contributed by atoms with Gasteiger partial charge in [0.25, 0.3) is 5.91 Å². The number of carbonyl (C=O) groups is 1. The quantitative estimate of drug-likeness (QED) is 0.756. The number of aromatic nitrogens is 1. The zero-order valence-corrected chi connectivity index (χ0v) is 13.7. The van der Waals surface area contributed by atoms with Crippen LogP contribution in [-0.2, 0) is 6.54 Å². The smallest absolute Gasteiger partial charge is 0.250 e. The summed E-state index contributed by atoms with van der Waals surface area (Å²) < 4.78 is 5.38. The highest BCUT2D eigenvalue weighted by Gasteiger charge is 2.12. The number of anilines is 1. The SMILES string of the molecule is COc1ccccc1CNc1cc(C)nc2c(C(N)=O)cccc12. The number of pyridine rings is 1. The standard InChI is InChI=1S/C19H19N3O2/c1-12-10-16(21-11-13-6-3-4-9-17(13)24-2)14-7-5-8-15(19(20)23)18(14)22-12/h3-10H,11H2,1-2H3,(H2,20,23)(H,21,22). The number of primary amides is 1. The molecule has 0 radical (unpaired) electrons. The number of rotatable bonds is 5. The third-order valence-corrected chi connectivity index (χ3v) is 3.89. The lowest BCUT2D eigenvalue weighted by atomic mass is 10.1. The Morgan fingerprint density at radius 2 is 2.00 bits per heavy atom. The Labute approximate surface area is 140 Å². The minimum absolute atomic E-state index is 0.427. The van der Waals surface area contributed by atoms with Gasteiger partial charge in [-0.05, 0) is 25.1 Å². The fraction of sp³-hybridized carbons (Fsp3) is 0.158. The van der Waals surface area contributed by atoms with Gasteiger partial charge in [0.15, 0.2) is 0 Å². The van der Waals surface area contributed by atoms with Crippen LogP contribution in [0.3, 0.4) is 0 Å². The number of methoxy groups -OCH3 is 1. The first-order valence-corrected chi connectivity index (χ1v) is 7.66. The number of carbonyl (C=O) groups excluding carboxylic acids is 1. The second kappa shape index (κ2) is 6.58. The molecule has 5 heteroatoms. The molecule has 122 valence electrons. The Balaban J connectivity index is 2.00. The van der Waals surface area contributed by atoms with Crippen LogP contribution in [0, 0.1) is 6.92 Å². The molecular weight excluding hydrogens is 302 g/mol. The number of para-hydroxylation sites is 2. The molecule has 0 atom stereocenters. The van der Waals surface area contributed by atoms with Gasteiger partial charge in [-0.25, -0.2) is 0 Å². The molecular formula is C19H19N3O2. The molecule has 0 saturated heterocycles. The third kappa shape index (κ3) is 3.01. The molecule has 1 aromatic heterocycles. The lowest BCUT2D eigenvalue weighted by molar-refractivity contribution is 0.100. The van der Waals surface area contributed by atoms with Crippen LogP contribution in [0.1, 0.15) is 21.6 Å². The third-order valence-electron chi connectivity index (χ3n) is 3.89. The lowest BCUT2D eigenvalue weighted by Crippen LogP contribution is -2.12. The molecule has 0 aliphatic rings. The van der Waals surface area contributed by atoms with Crippen LogP contribution in [0.5, 0.6) is 5.75 Å². The van der Waals surface area contributed by atoms with Gasteiger partial charge < -0.3 is 15.8 Å². The van der Waals surface area contributed by atoms with E-state index in [4.69, 9.17) is 10.5 Å². The Hall–Kier alpha value is -3.08. The van der Waals surface area contributed by atoms with Gasteiger partial charge in [-0.2, -0.15) is 0 Å². The molecule has 0 fully saturated rings. The van der Waals surface area contributed by atoms with E-state index in [1.54, 1.807) is 13.2 Å². The molecule has 0 aliphatic carbocycles. The molecule has 1 heterocycles. The molecule has 1 amide bonds. The number of benzene rings is 2. The lowest BCUT2D eigenvalue weighted by Gasteiger charge is -2.14. The number of amides is 1. The highest BCUT2D eigenvalue weighted by Crippen LogP contribution is 2.27. The molecule has 24 heavy (non-hydrogen) atoms. The average Bonchev–Trinajstić information content (AvgIpc) is 2.59. The summed E-state index contributed by atoms with van der Waals surface area (Å²) in [4.78, 5) is 16.1. The number of ether oxygens (including phenoxy) is 1. The normalized spacial score (nSPS) is 10.6. The maximum atomic E-state index is 11.6. The van der Waals surface area contributed by atoms with Crippen molar-refractivity contribution >= 4 is 22.5 Å². The first-order chi connectivity index (χ1) is 11.6. The van der Waals surface area contributed by atoms with Crippen molar-refractivity contribution < 1.29 is 9.53 Å². The van der Waals surface area contributed by atoms with E-state index in [1.165, 1.54) is 0 Å². The number of nitrogens with zero attached hydrogens (tertiary/aromatic N) is 1. The van der Waals surface area contributed by atoms with Crippen molar-refractivity contribution in [1.29, 1.82) is 0 Å². The van der Waals surface area contributed by atoms with Gasteiger partial charge in [-0.1, -0.05) is 30.3 Å². The van der Waals surface area contributed by atoms with E-state index in [2.05, 4.69) is 10.3 Å². The van der Waals surface area contributed by atoms with E-state index < -0.39 is 5.91 Å². The molecule has 2 aromatic carbocycles. The second-order valence-corrected chi connectivity index (χ2v) is 5.54. The van der Waals surface area contributed by atoms with Crippen LogP contribution < -0.4 is 15.8 Å². The van der Waals surface area contributed by atoms with Crippen LogP contribution in [0.15, 0.2) is 48.5 Å². The zero-order valence-electron chi connectivity index (χ0n) is 13.7. The monoisotopic (exact) mass is 321 g/mol.